The molecule has 4 heteroatoms. The predicted octanol–water partition coefficient (Wildman–Crippen LogP) is 1.99. The Hall–Kier alpha value is -2.07. The number of hydrogen-bond acceptors (Lipinski definition) is 4. The summed E-state index contributed by atoms with van der Waals surface area (Å²) in [6.07, 6.45) is 3.39. The van der Waals surface area contributed by atoms with Crippen LogP contribution in [0.25, 0.3) is 0 Å². The van der Waals surface area contributed by atoms with E-state index in [9.17, 15) is 5.11 Å². The standard InChI is InChI=1S/C12H13N3O/c13-7-9-8-14-6-5-10(9)15-11-3-1-2-4-12(11)16/h1-6,8,16H,7,13H2,(H,14,15). The zero-order valence-corrected chi connectivity index (χ0v) is 8.72. The average Bonchev–Trinajstić information content (AvgIpc) is 2.33. The van der Waals surface area contributed by atoms with Gasteiger partial charge >= 0.3 is 0 Å². The fourth-order valence-corrected chi connectivity index (χ4v) is 1.44. The minimum absolute atomic E-state index is 0.210. The molecule has 1 aromatic heterocycles. The van der Waals surface area contributed by atoms with Crippen molar-refractivity contribution >= 4 is 11.4 Å². The number of phenols is 1. The summed E-state index contributed by atoms with van der Waals surface area (Å²) in [6.45, 7) is 0.407. The van der Waals surface area contributed by atoms with Gasteiger partial charge in [0.05, 0.1) is 5.69 Å². The van der Waals surface area contributed by atoms with Crippen molar-refractivity contribution in [3.05, 3.63) is 48.3 Å². The van der Waals surface area contributed by atoms with Crippen LogP contribution < -0.4 is 11.1 Å². The second-order valence-corrected chi connectivity index (χ2v) is 3.38. The van der Waals surface area contributed by atoms with Crippen LogP contribution in [-0.4, -0.2) is 10.1 Å². The smallest absolute Gasteiger partial charge is 0.139 e. The van der Waals surface area contributed by atoms with Crippen LogP contribution in [0.2, 0.25) is 0 Å². The Labute approximate surface area is 93.8 Å². The SMILES string of the molecule is NCc1cnccc1Nc1ccccc1O. The zero-order valence-electron chi connectivity index (χ0n) is 8.72. The highest BCUT2D eigenvalue weighted by Gasteiger charge is 2.03. The molecule has 0 unspecified atom stereocenters. The zero-order chi connectivity index (χ0) is 11.4. The van der Waals surface area contributed by atoms with Gasteiger partial charge in [-0.25, -0.2) is 0 Å². The third-order valence-electron chi connectivity index (χ3n) is 2.30. The van der Waals surface area contributed by atoms with E-state index in [-0.39, 0.29) is 5.75 Å². The summed E-state index contributed by atoms with van der Waals surface area (Å²) in [5, 5.41) is 12.7. The van der Waals surface area contributed by atoms with Crippen LogP contribution in [0.3, 0.4) is 0 Å². The highest BCUT2D eigenvalue weighted by Crippen LogP contribution is 2.27. The molecule has 0 bridgehead atoms. The second-order valence-electron chi connectivity index (χ2n) is 3.38. The summed E-state index contributed by atoms with van der Waals surface area (Å²) < 4.78 is 0. The molecule has 4 nitrogen and oxygen atoms in total. The number of para-hydroxylation sites is 2. The summed E-state index contributed by atoms with van der Waals surface area (Å²) >= 11 is 0. The molecular formula is C12H13N3O. The van der Waals surface area contributed by atoms with Crippen LogP contribution in [0, 0.1) is 0 Å². The molecular weight excluding hydrogens is 202 g/mol. The van der Waals surface area contributed by atoms with Gasteiger partial charge < -0.3 is 16.2 Å². The molecule has 0 fully saturated rings. The van der Waals surface area contributed by atoms with Crippen molar-refractivity contribution in [2.75, 3.05) is 5.32 Å². The van der Waals surface area contributed by atoms with Gasteiger partial charge in [0.1, 0.15) is 5.75 Å². The van der Waals surface area contributed by atoms with Crippen LogP contribution in [-0.2, 0) is 6.54 Å². The van der Waals surface area contributed by atoms with Crippen LogP contribution in [0.5, 0.6) is 5.75 Å². The van der Waals surface area contributed by atoms with E-state index in [2.05, 4.69) is 10.3 Å². The van der Waals surface area contributed by atoms with Gasteiger partial charge in [0, 0.05) is 30.2 Å². The maximum Gasteiger partial charge on any atom is 0.139 e. The second kappa shape index (κ2) is 4.63. The van der Waals surface area contributed by atoms with Crippen molar-refractivity contribution in [1.82, 2.24) is 4.98 Å². The maximum atomic E-state index is 9.63. The molecule has 0 radical (unpaired) electrons. The molecule has 1 aromatic carbocycles. The monoisotopic (exact) mass is 215 g/mol. The molecule has 4 N–H and O–H groups in total. The third kappa shape index (κ3) is 2.12. The van der Waals surface area contributed by atoms with Crippen LogP contribution in [0.15, 0.2) is 42.7 Å². The van der Waals surface area contributed by atoms with Gasteiger partial charge in [-0.2, -0.15) is 0 Å². The molecule has 82 valence electrons. The van der Waals surface area contributed by atoms with Crippen molar-refractivity contribution in [1.29, 1.82) is 0 Å². The van der Waals surface area contributed by atoms with Crippen molar-refractivity contribution in [2.24, 2.45) is 5.73 Å². The van der Waals surface area contributed by atoms with Gasteiger partial charge in [-0.3, -0.25) is 4.98 Å². The Morgan fingerprint density at radius 3 is 2.75 bits per heavy atom. The molecule has 2 rings (SSSR count). The van der Waals surface area contributed by atoms with Crippen LogP contribution >= 0.6 is 0 Å². The molecule has 0 spiro atoms. The molecule has 0 atom stereocenters. The summed E-state index contributed by atoms with van der Waals surface area (Å²) in [6, 6.07) is 8.89. The van der Waals surface area contributed by atoms with E-state index in [1.165, 1.54) is 0 Å². The van der Waals surface area contributed by atoms with Gasteiger partial charge in [-0.1, -0.05) is 12.1 Å². The van der Waals surface area contributed by atoms with Gasteiger partial charge in [-0.15, -0.1) is 0 Å². The van der Waals surface area contributed by atoms with Crippen LogP contribution in [0.1, 0.15) is 5.56 Å². The van der Waals surface area contributed by atoms with E-state index in [4.69, 9.17) is 5.73 Å². The third-order valence-corrected chi connectivity index (χ3v) is 2.30. The van der Waals surface area contributed by atoms with Gasteiger partial charge in [0.25, 0.3) is 0 Å². The Balaban J connectivity index is 2.30. The lowest BCUT2D eigenvalue weighted by molar-refractivity contribution is 0.478. The van der Waals surface area contributed by atoms with Gasteiger partial charge in [0.15, 0.2) is 0 Å². The van der Waals surface area contributed by atoms with Gasteiger partial charge in [-0.05, 0) is 18.2 Å². The first-order valence-corrected chi connectivity index (χ1v) is 4.99. The number of nitrogens with two attached hydrogens (primary N) is 1. The van der Waals surface area contributed by atoms with Crippen LogP contribution in [0.4, 0.5) is 11.4 Å². The van der Waals surface area contributed by atoms with Crippen molar-refractivity contribution in [3.63, 3.8) is 0 Å². The fourth-order valence-electron chi connectivity index (χ4n) is 1.44. The summed E-state index contributed by atoms with van der Waals surface area (Å²) in [4.78, 5) is 4.00. The highest BCUT2D eigenvalue weighted by molar-refractivity contribution is 5.67. The lowest BCUT2D eigenvalue weighted by Crippen LogP contribution is -2.02. The number of aromatic hydroxyl groups is 1. The normalized spacial score (nSPS) is 10.1. The van der Waals surface area contributed by atoms with Gasteiger partial charge in [0.2, 0.25) is 0 Å². The quantitative estimate of drug-likeness (QED) is 0.685. The number of nitrogens with one attached hydrogen (secondary N) is 1. The molecule has 0 saturated carbocycles. The molecule has 0 amide bonds. The van der Waals surface area contributed by atoms with Crippen molar-refractivity contribution < 1.29 is 5.11 Å². The topological polar surface area (TPSA) is 71.2 Å². The van der Waals surface area contributed by atoms with E-state index < -0.39 is 0 Å². The molecule has 0 aliphatic heterocycles. The number of hydrogen-bond donors (Lipinski definition) is 3. The molecule has 1 heterocycles. The molecule has 0 aliphatic carbocycles. The van der Waals surface area contributed by atoms with Crippen molar-refractivity contribution in [3.8, 4) is 5.75 Å². The summed E-state index contributed by atoms with van der Waals surface area (Å²) in [5.74, 6) is 0.210. The highest BCUT2D eigenvalue weighted by atomic mass is 16.3. The number of pyridine rings is 1. The maximum absolute atomic E-state index is 9.63. The first-order chi connectivity index (χ1) is 7.81. The lowest BCUT2D eigenvalue weighted by Gasteiger charge is -2.11. The van der Waals surface area contributed by atoms with E-state index in [0.29, 0.717) is 12.2 Å². The Kier molecular flexibility index (Phi) is 3.03. The largest absolute Gasteiger partial charge is 0.506 e. The molecule has 16 heavy (non-hydrogen) atoms. The van der Waals surface area contributed by atoms with E-state index in [1.807, 2.05) is 12.1 Å². The number of anilines is 2. The molecule has 0 saturated heterocycles. The lowest BCUT2D eigenvalue weighted by atomic mass is 10.2. The number of phenolic OH excluding ortho intramolecular Hbond substituents is 1. The number of benzene rings is 1. The number of aromatic nitrogens is 1. The Morgan fingerprint density at radius 1 is 1.19 bits per heavy atom. The van der Waals surface area contributed by atoms with E-state index in [1.54, 1.807) is 30.6 Å². The minimum Gasteiger partial charge on any atom is -0.506 e. The summed E-state index contributed by atoms with van der Waals surface area (Å²) in [5.41, 5.74) is 8.02. The Morgan fingerprint density at radius 2 is 2.00 bits per heavy atom. The molecule has 0 aliphatic rings. The Bertz CT molecular complexity index is 485. The van der Waals surface area contributed by atoms with Crippen molar-refractivity contribution in [2.45, 2.75) is 6.54 Å². The summed E-state index contributed by atoms with van der Waals surface area (Å²) in [7, 11) is 0. The predicted molar refractivity (Wildman–Crippen MR) is 63.5 cm³/mol. The molecule has 2 aromatic rings. The minimum atomic E-state index is 0.210. The number of nitrogens with zero attached hydrogens (tertiary/aromatic N) is 1. The van der Waals surface area contributed by atoms with E-state index >= 15 is 0 Å². The number of rotatable bonds is 3. The first-order valence-electron chi connectivity index (χ1n) is 4.99. The van der Waals surface area contributed by atoms with E-state index in [0.717, 1.165) is 11.3 Å². The average molecular weight is 215 g/mol. The fraction of sp³-hybridized carbons (Fsp3) is 0.0833. The first kappa shape index (κ1) is 10.4.